The molecule has 0 aromatic heterocycles. The number of hydrogen-bond acceptors (Lipinski definition) is 2. The van der Waals surface area contributed by atoms with Gasteiger partial charge < -0.3 is 10.5 Å². The maximum absolute atomic E-state index is 13.2. The van der Waals surface area contributed by atoms with Gasteiger partial charge in [0.25, 0.3) is 0 Å². The van der Waals surface area contributed by atoms with Gasteiger partial charge in [0.1, 0.15) is 11.6 Å². The summed E-state index contributed by atoms with van der Waals surface area (Å²) in [6.07, 6.45) is 0.608. The second kappa shape index (κ2) is 6.70. The van der Waals surface area contributed by atoms with Crippen molar-refractivity contribution < 1.29 is 9.13 Å². The standard InChI is InChI=1S/C15H14Br2FNO/c1-20-15-8-10(16)3-4-11(15)14(19)7-9-2-5-13(18)12(17)6-9/h2-6,8,14H,7,19H2,1H3. The van der Waals surface area contributed by atoms with Crippen molar-refractivity contribution in [3.05, 3.63) is 62.3 Å². The van der Waals surface area contributed by atoms with Crippen LogP contribution in [0.25, 0.3) is 0 Å². The highest BCUT2D eigenvalue weighted by atomic mass is 79.9. The van der Waals surface area contributed by atoms with Crippen molar-refractivity contribution in [3.8, 4) is 5.75 Å². The van der Waals surface area contributed by atoms with Crippen LogP contribution in [0.4, 0.5) is 4.39 Å². The fraction of sp³-hybridized carbons (Fsp3) is 0.200. The van der Waals surface area contributed by atoms with Crippen LogP contribution < -0.4 is 10.5 Å². The molecule has 0 saturated carbocycles. The quantitative estimate of drug-likeness (QED) is 0.810. The minimum absolute atomic E-state index is 0.213. The van der Waals surface area contributed by atoms with Crippen molar-refractivity contribution in [2.75, 3.05) is 7.11 Å². The first kappa shape index (κ1) is 15.5. The Morgan fingerprint density at radius 3 is 2.60 bits per heavy atom. The molecule has 0 aliphatic carbocycles. The van der Waals surface area contributed by atoms with Gasteiger partial charge in [-0.05, 0) is 52.2 Å². The summed E-state index contributed by atoms with van der Waals surface area (Å²) >= 11 is 6.59. The Morgan fingerprint density at radius 2 is 1.95 bits per heavy atom. The van der Waals surface area contributed by atoms with Gasteiger partial charge in [-0.25, -0.2) is 4.39 Å². The van der Waals surface area contributed by atoms with E-state index < -0.39 is 0 Å². The van der Waals surface area contributed by atoms with Gasteiger partial charge in [0.05, 0.1) is 11.6 Å². The molecule has 0 bridgehead atoms. The molecule has 2 aromatic rings. The number of methoxy groups -OCH3 is 1. The van der Waals surface area contributed by atoms with E-state index in [2.05, 4.69) is 31.9 Å². The lowest BCUT2D eigenvalue weighted by Gasteiger charge is -2.16. The minimum Gasteiger partial charge on any atom is -0.496 e. The molecule has 0 saturated heterocycles. The normalized spacial score (nSPS) is 12.2. The Kier molecular flexibility index (Phi) is 5.18. The highest BCUT2D eigenvalue weighted by Crippen LogP contribution is 2.29. The van der Waals surface area contributed by atoms with Gasteiger partial charge in [0, 0.05) is 16.1 Å². The predicted molar refractivity (Wildman–Crippen MR) is 85.4 cm³/mol. The minimum atomic E-state index is -0.274. The lowest BCUT2D eigenvalue weighted by Crippen LogP contribution is -2.14. The Labute approximate surface area is 134 Å². The molecular formula is C15H14Br2FNO. The van der Waals surface area contributed by atoms with Crippen molar-refractivity contribution in [1.29, 1.82) is 0 Å². The van der Waals surface area contributed by atoms with E-state index in [1.54, 1.807) is 19.2 Å². The van der Waals surface area contributed by atoms with Crippen molar-refractivity contribution in [1.82, 2.24) is 0 Å². The summed E-state index contributed by atoms with van der Waals surface area (Å²) in [5.74, 6) is 0.469. The Bertz CT molecular complexity index is 619. The smallest absolute Gasteiger partial charge is 0.137 e. The molecule has 2 aromatic carbocycles. The number of nitrogens with two attached hydrogens (primary N) is 1. The Balaban J connectivity index is 2.23. The third kappa shape index (κ3) is 3.59. The first-order valence-electron chi connectivity index (χ1n) is 6.04. The monoisotopic (exact) mass is 401 g/mol. The molecule has 0 aliphatic heterocycles. The summed E-state index contributed by atoms with van der Waals surface area (Å²) in [6.45, 7) is 0. The van der Waals surface area contributed by atoms with Crippen molar-refractivity contribution in [2.45, 2.75) is 12.5 Å². The molecule has 2 rings (SSSR count). The van der Waals surface area contributed by atoms with E-state index in [0.29, 0.717) is 10.9 Å². The molecule has 5 heteroatoms. The SMILES string of the molecule is COc1cc(Br)ccc1C(N)Cc1ccc(F)c(Br)c1. The van der Waals surface area contributed by atoms with Crippen LogP contribution in [0.5, 0.6) is 5.75 Å². The molecule has 1 unspecified atom stereocenters. The maximum Gasteiger partial charge on any atom is 0.137 e. The zero-order chi connectivity index (χ0) is 14.7. The number of halogens is 3. The van der Waals surface area contributed by atoms with E-state index in [9.17, 15) is 4.39 Å². The first-order chi connectivity index (χ1) is 9.51. The molecule has 1 atom stereocenters. The van der Waals surface area contributed by atoms with Gasteiger partial charge in [-0.2, -0.15) is 0 Å². The number of hydrogen-bond donors (Lipinski definition) is 1. The lowest BCUT2D eigenvalue weighted by molar-refractivity contribution is 0.405. The summed E-state index contributed by atoms with van der Waals surface area (Å²) in [5.41, 5.74) is 8.13. The van der Waals surface area contributed by atoms with E-state index >= 15 is 0 Å². The van der Waals surface area contributed by atoms with Crippen LogP contribution in [0.1, 0.15) is 17.2 Å². The molecule has 20 heavy (non-hydrogen) atoms. The predicted octanol–water partition coefficient (Wildman–Crippen LogP) is 4.60. The van der Waals surface area contributed by atoms with E-state index in [-0.39, 0.29) is 11.9 Å². The largest absolute Gasteiger partial charge is 0.496 e. The van der Waals surface area contributed by atoms with Gasteiger partial charge in [0.15, 0.2) is 0 Å². The molecule has 0 spiro atoms. The van der Waals surface area contributed by atoms with Crippen LogP contribution in [0.3, 0.4) is 0 Å². The van der Waals surface area contributed by atoms with Crippen molar-refractivity contribution >= 4 is 31.9 Å². The van der Waals surface area contributed by atoms with Gasteiger partial charge in [0.2, 0.25) is 0 Å². The second-order valence-electron chi connectivity index (χ2n) is 4.45. The highest BCUT2D eigenvalue weighted by molar-refractivity contribution is 9.10. The second-order valence-corrected chi connectivity index (χ2v) is 6.22. The molecular weight excluding hydrogens is 389 g/mol. The van der Waals surface area contributed by atoms with Crippen molar-refractivity contribution in [2.24, 2.45) is 5.73 Å². The van der Waals surface area contributed by atoms with E-state index in [4.69, 9.17) is 10.5 Å². The third-order valence-corrected chi connectivity index (χ3v) is 4.14. The molecule has 0 heterocycles. The van der Waals surface area contributed by atoms with Crippen LogP contribution in [0.15, 0.2) is 45.3 Å². The Hall–Kier alpha value is -0.910. The van der Waals surface area contributed by atoms with Crippen LogP contribution in [-0.2, 0) is 6.42 Å². The summed E-state index contributed by atoms with van der Waals surface area (Å²) in [6, 6.07) is 10.5. The molecule has 0 fully saturated rings. The van der Waals surface area contributed by atoms with Crippen LogP contribution in [0, 0.1) is 5.82 Å². The summed E-state index contributed by atoms with van der Waals surface area (Å²) in [7, 11) is 1.62. The molecule has 0 aliphatic rings. The fourth-order valence-electron chi connectivity index (χ4n) is 2.02. The van der Waals surface area contributed by atoms with Crippen LogP contribution in [0.2, 0.25) is 0 Å². The van der Waals surface area contributed by atoms with Crippen molar-refractivity contribution in [3.63, 3.8) is 0 Å². The van der Waals surface area contributed by atoms with E-state index in [0.717, 1.165) is 21.3 Å². The Morgan fingerprint density at radius 1 is 1.20 bits per heavy atom. The zero-order valence-electron chi connectivity index (χ0n) is 10.9. The zero-order valence-corrected chi connectivity index (χ0v) is 14.0. The summed E-state index contributed by atoms with van der Waals surface area (Å²) in [5, 5.41) is 0. The van der Waals surface area contributed by atoms with Crippen LogP contribution in [-0.4, -0.2) is 7.11 Å². The summed E-state index contributed by atoms with van der Waals surface area (Å²) in [4.78, 5) is 0. The molecule has 0 radical (unpaired) electrons. The van der Waals surface area contributed by atoms with Gasteiger partial charge >= 0.3 is 0 Å². The van der Waals surface area contributed by atoms with E-state index in [1.165, 1.54) is 6.07 Å². The van der Waals surface area contributed by atoms with Gasteiger partial charge in [-0.15, -0.1) is 0 Å². The molecule has 106 valence electrons. The fourth-order valence-corrected chi connectivity index (χ4v) is 2.79. The van der Waals surface area contributed by atoms with E-state index in [1.807, 2.05) is 18.2 Å². The number of ether oxygens (including phenoxy) is 1. The van der Waals surface area contributed by atoms with Crippen LogP contribution >= 0.6 is 31.9 Å². The maximum atomic E-state index is 13.2. The molecule has 0 amide bonds. The molecule has 2 N–H and O–H groups in total. The topological polar surface area (TPSA) is 35.2 Å². The summed E-state index contributed by atoms with van der Waals surface area (Å²) < 4.78 is 20.0. The average Bonchev–Trinajstić information content (AvgIpc) is 2.42. The third-order valence-electron chi connectivity index (χ3n) is 3.03. The molecule has 2 nitrogen and oxygen atoms in total. The highest BCUT2D eigenvalue weighted by Gasteiger charge is 2.13. The number of rotatable bonds is 4. The number of benzene rings is 2. The average molecular weight is 403 g/mol. The first-order valence-corrected chi connectivity index (χ1v) is 7.63. The van der Waals surface area contributed by atoms with Gasteiger partial charge in [-0.3, -0.25) is 0 Å². The lowest BCUT2D eigenvalue weighted by atomic mass is 9.99. The van der Waals surface area contributed by atoms with Gasteiger partial charge in [-0.1, -0.05) is 28.1 Å².